The molecular formula is C28H22ClFN2O3S. The Bertz CT molecular complexity index is 1370. The Morgan fingerprint density at radius 3 is 2.44 bits per heavy atom. The van der Waals surface area contributed by atoms with Gasteiger partial charge in [-0.3, -0.25) is 9.78 Å². The van der Waals surface area contributed by atoms with Crippen LogP contribution in [0.5, 0.6) is 5.75 Å². The monoisotopic (exact) mass is 520 g/mol. The summed E-state index contributed by atoms with van der Waals surface area (Å²) in [4.78, 5) is 19.2. The van der Waals surface area contributed by atoms with E-state index >= 15 is 0 Å². The highest BCUT2D eigenvalue weighted by atomic mass is 35.5. The number of aromatic hydroxyl groups is 1. The SMILES string of the molecule is O=C1[C@H](SC[C@@H](O)c2ccc(F)cc2)[C@@H](c2ccc(O)c(Cl)c2)N1c1ccc(-c2cccnc2)cc1. The molecule has 5 rings (SSSR count). The molecule has 1 aromatic heterocycles. The van der Waals surface area contributed by atoms with Gasteiger partial charge in [0.2, 0.25) is 5.91 Å². The third-order valence-electron chi connectivity index (χ3n) is 6.19. The molecule has 2 N–H and O–H groups in total. The molecule has 0 aliphatic carbocycles. The Morgan fingerprint density at radius 2 is 1.78 bits per heavy atom. The molecule has 0 unspecified atom stereocenters. The number of amides is 1. The van der Waals surface area contributed by atoms with E-state index in [-0.39, 0.29) is 34.3 Å². The Labute approximate surface area is 217 Å². The first kappa shape index (κ1) is 24.3. The first-order chi connectivity index (χ1) is 17.4. The molecule has 0 bridgehead atoms. The van der Waals surface area contributed by atoms with E-state index in [2.05, 4.69) is 4.98 Å². The van der Waals surface area contributed by atoms with Crippen molar-refractivity contribution in [3.8, 4) is 16.9 Å². The summed E-state index contributed by atoms with van der Waals surface area (Å²) in [6.45, 7) is 0. The number of thioether (sulfide) groups is 1. The Kier molecular flexibility index (Phi) is 6.96. The number of phenolic OH excluding ortho intramolecular Hbond substituents is 1. The van der Waals surface area contributed by atoms with Gasteiger partial charge in [-0.1, -0.05) is 48.0 Å². The molecule has 182 valence electrons. The number of aliphatic hydroxyl groups excluding tert-OH is 1. The minimum atomic E-state index is -0.847. The summed E-state index contributed by atoms with van der Waals surface area (Å²) in [5, 5.41) is 20.2. The van der Waals surface area contributed by atoms with Crippen molar-refractivity contribution < 1.29 is 19.4 Å². The maximum Gasteiger partial charge on any atom is 0.243 e. The number of aromatic nitrogens is 1. The van der Waals surface area contributed by atoms with Crippen LogP contribution >= 0.6 is 23.4 Å². The predicted octanol–water partition coefficient (Wildman–Crippen LogP) is 6.17. The summed E-state index contributed by atoms with van der Waals surface area (Å²) in [5.41, 5.74) is 4.06. The Balaban J connectivity index is 1.39. The highest BCUT2D eigenvalue weighted by molar-refractivity contribution is 8.00. The molecule has 36 heavy (non-hydrogen) atoms. The molecular weight excluding hydrogens is 499 g/mol. The molecule has 1 saturated heterocycles. The van der Waals surface area contributed by atoms with Crippen molar-refractivity contribution in [2.45, 2.75) is 17.4 Å². The second-order valence-corrected chi connectivity index (χ2v) is 10.1. The van der Waals surface area contributed by atoms with Crippen molar-refractivity contribution in [1.82, 2.24) is 4.98 Å². The van der Waals surface area contributed by atoms with Crippen LogP contribution in [0.15, 0.2) is 91.3 Å². The van der Waals surface area contributed by atoms with Gasteiger partial charge in [-0.2, -0.15) is 0 Å². The fraction of sp³-hybridized carbons (Fsp3) is 0.143. The van der Waals surface area contributed by atoms with Gasteiger partial charge in [0.1, 0.15) is 16.8 Å². The molecule has 2 heterocycles. The van der Waals surface area contributed by atoms with E-state index in [0.29, 0.717) is 5.56 Å². The quantitative estimate of drug-likeness (QED) is 0.285. The van der Waals surface area contributed by atoms with Crippen LogP contribution in [0.3, 0.4) is 0 Å². The van der Waals surface area contributed by atoms with Crippen molar-refractivity contribution in [3.05, 3.63) is 113 Å². The van der Waals surface area contributed by atoms with Gasteiger partial charge in [0.15, 0.2) is 0 Å². The zero-order valence-corrected chi connectivity index (χ0v) is 20.5. The van der Waals surface area contributed by atoms with E-state index in [1.165, 1.54) is 42.1 Å². The zero-order valence-electron chi connectivity index (χ0n) is 19.0. The maximum absolute atomic E-state index is 13.3. The number of carbonyl (C=O) groups is 1. The highest BCUT2D eigenvalue weighted by Crippen LogP contribution is 2.47. The normalized spacial score (nSPS) is 18.1. The zero-order chi connectivity index (χ0) is 25.2. The van der Waals surface area contributed by atoms with Gasteiger partial charge in [-0.15, -0.1) is 11.8 Å². The minimum absolute atomic E-state index is 0.0330. The third-order valence-corrected chi connectivity index (χ3v) is 7.82. The van der Waals surface area contributed by atoms with Crippen LogP contribution in [0.25, 0.3) is 11.1 Å². The molecule has 1 fully saturated rings. The molecule has 1 amide bonds. The number of hydrogen-bond acceptors (Lipinski definition) is 5. The maximum atomic E-state index is 13.3. The number of halogens is 2. The van der Waals surface area contributed by atoms with Crippen molar-refractivity contribution in [2.24, 2.45) is 0 Å². The highest BCUT2D eigenvalue weighted by Gasteiger charge is 2.49. The van der Waals surface area contributed by atoms with E-state index in [1.54, 1.807) is 29.4 Å². The summed E-state index contributed by atoms with van der Waals surface area (Å²) < 4.78 is 13.2. The number of β-lactam (4-membered cyclic amide) rings is 1. The number of nitrogens with zero attached hydrogens (tertiary/aromatic N) is 2. The fourth-order valence-electron chi connectivity index (χ4n) is 4.27. The molecule has 0 spiro atoms. The largest absolute Gasteiger partial charge is 0.506 e. The van der Waals surface area contributed by atoms with Crippen LogP contribution in [0.2, 0.25) is 5.02 Å². The van der Waals surface area contributed by atoms with Gasteiger partial charge in [0.25, 0.3) is 0 Å². The van der Waals surface area contributed by atoms with Crippen molar-refractivity contribution in [2.75, 3.05) is 10.7 Å². The van der Waals surface area contributed by atoms with Gasteiger partial charge < -0.3 is 15.1 Å². The van der Waals surface area contributed by atoms with Crippen molar-refractivity contribution >= 4 is 35.0 Å². The van der Waals surface area contributed by atoms with E-state index in [0.717, 1.165) is 22.4 Å². The van der Waals surface area contributed by atoms with Gasteiger partial charge in [-0.05, 0) is 64.7 Å². The summed E-state index contributed by atoms with van der Waals surface area (Å²) in [6, 6.07) is 21.8. The lowest BCUT2D eigenvalue weighted by Crippen LogP contribution is -2.57. The van der Waals surface area contributed by atoms with E-state index < -0.39 is 11.4 Å². The smallest absolute Gasteiger partial charge is 0.243 e. The van der Waals surface area contributed by atoms with Gasteiger partial charge in [0.05, 0.1) is 17.2 Å². The first-order valence-corrected chi connectivity index (χ1v) is 12.7. The van der Waals surface area contributed by atoms with E-state index in [9.17, 15) is 19.4 Å². The number of anilines is 1. The lowest BCUT2D eigenvalue weighted by molar-refractivity contribution is -0.123. The van der Waals surface area contributed by atoms with Crippen LogP contribution in [0.1, 0.15) is 23.3 Å². The van der Waals surface area contributed by atoms with Gasteiger partial charge >= 0.3 is 0 Å². The second kappa shape index (κ2) is 10.3. The van der Waals surface area contributed by atoms with E-state index in [1.807, 2.05) is 36.4 Å². The average molecular weight is 521 g/mol. The van der Waals surface area contributed by atoms with Crippen molar-refractivity contribution in [1.29, 1.82) is 0 Å². The number of carbonyl (C=O) groups excluding carboxylic acids is 1. The molecule has 5 nitrogen and oxygen atoms in total. The van der Waals surface area contributed by atoms with Crippen LogP contribution in [0.4, 0.5) is 10.1 Å². The van der Waals surface area contributed by atoms with Crippen LogP contribution in [-0.2, 0) is 4.79 Å². The number of hydrogen-bond donors (Lipinski definition) is 2. The number of aliphatic hydroxyl groups is 1. The van der Waals surface area contributed by atoms with Crippen LogP contribution < -0.4 is 4.90 Å². The number of phenols is 1. The lowest BCUT2D eigenvalue weighted by atomic mass is 9.92. The van der Waals surface area contributed by atoms with E-state index in [4.69, 9.17) is 11.6 Å². The predicted molar refractivity (Wildman–Crippen MR) is 141 cm³/mol. The molecule has 4 aromatic rings. The van der Waals surface area contributed by atoms with Gasteiger partial charge in [0, 0.05) is 23.8 Å². The number of rotatable bonds is 7. The summed E-state index contributed by atoms with van der Waals surface area (Å²) in [6.07, 6.45) is 2.65. The average Bonchev–Trinajstić information content (AvgIpc) is 2.90. The summed E-state index contributed by atoms with van der Waals surface area (Å²) in [5.74, 6) is -0.232. The minimum Gasteiger partial charge on any atom is -0.506 e. The lowest BCUT2D eigenvalue weighted by Gasteiger charge is -2.47. The molecule has 3 aromatic carbocycles. The van der Waals surface area contributed by atoms with Crippen LogP contribution in [0, 0.1) is 5.82 Å². The van der Waals surface area contributed by atoms with Crippen molar-refractivity contribution in [3.63, 3.8) is 0 Å². The summed E-state index contributed by atoms with van der Waals surface area (Å²) in [7, 11) is 0. The Morgan fingerprint density at radius 1 is 1.03 bits per heavy atom. The fourth-order valence-corrected chi connectivity index (χ4v) is 5.76. The topological polar surface area (TPSA) is 73.7 Å². The molecule has 0 radical (unpaired) electrons. The number of pyridine rings is 1. The molecule has 8 heteroatoms. The Hall–Kier alpha value is -3.39. The molecule has 1 aliphatic rings. The molecule has 1 aliphatic heterocycles. The van der Waals surface area contributed by atoms with Gasteiger partial charge in [-0.25, -0.2) is 4.39 Å². The molecule has 0 saturated carbocycles. The summed E-state index contributed by atoms with van der Waals surface area (Å²) >= 11 is 7.53. The number of benzene rings is 3. The molecule has 3 atom stereocenters. The second-order valence-electron chi connectivity index (χ2n) is 8.47. The van der Waals surface area contributed by atoms with Crippen LogP contribution in [-0.4, -0.2) is 32.1 Å². The first-order valence-electron chi connectivity index (χ1n) is 11.3. The standard InChI is InChI=1S/C28H22ClFN2O3S/c29-23-14-19(7-12-24(23)33)26-27(36-16-25(34)18-3-8-21(30)9-4-18)28(35)32(26)22-10-5-17(6-11-22)20-2-1-13-31-15-20/h1-15,25-27,33-34H,16H2/t25-,26-,27-/m1/s1. The third kappa shape index (κ3) is 4.82.